The summed E-state index contributed by atoms with van der Waals surface area (Å²) in [6.07, 6.45) is 4.71. The van der Waals surface area contributed by atoms with Crippen LogP contribution >= 0.6 is 0 Å². The molecule has 0 aliphatic rings. The Bertz CT molecular complexity index is 289. The molecule has 1 heterocycles. The van der Waals surface area contributed by atoms with E-state index in [1.807, 2.05) is 18.5 Å². The van der Waals surface area contributed by atoms with Crippen molar-refractivity contribution in [3.05, 3.63) is 24.0 Å². The van der Waals surface area contributed by atoms with E-state index in [0.29, 0.717) is 5.92 Å². The minimum atomic E-state index is -0.799. The molecule has 1 aromatic rings. The molecule has 13 heavy (non-hydrogen) atoms. The zero-order valence-electron chi connectivity index (χ0n) is 8.03. The monoisotopic (exact) mass is 181 g/mol. The molecular weight excluding hydrogens is 166 g/mol. The average Bonchev–Trinajstić information content (AvgIpc) is 2.33. The Morgan fingerprint density at radius 2 is 2.31 bits per heavy atom. The number of hydrogen-bond acceptors (Lipinski definition) is 1. The topological polar surface area (TPSA) is 42.2 Å². The van der Waals surface area contributed by atoms with E-state index in [1.165, 1.54) is 5.56 Å². The Morgan fingerprint density at radius 3 is 2.85 bits per heavy atom. The van der Waals surface area contributed by atoms with Crippen molar-refractivity contribution in [3.63, 3.8) is 0 Å². The van der Waals surface area contributed by atoms with E-state index in [1.54, 1.807) is 4.57 Å². The molecule has 72 valence electrons. The molecule has 3 heteroatoms. The first-order chi connectivity index (χ1) is 6.08. The van der Waals surface area contributed by atoms with Gasteiger partial charge in [0.25, 0.3) is 0 Å². The maximum Gasteiger partial charge on any atom is 0.323 e. The second-order valence-electron chi connectivity index (χ2n) is 3.68. The molecule has 0 fully saturated rings. The fourth-order valence-electron chi connectivity index (χ4n) is 1.34. The van der Waals surface area contributed by atoms with Crippen LogP contribution in [0.1, 0.15) is 19.4 Å². The zero-order valence-corrected chi connectivity index (χ0v) is 8.03. The number of carbonyl (C=O) groups is 1. The first kappa shape index (κ1) is 9.84. The molecule has 1 N–H and O–H groups in total. The highest BCUT2D eigenvalue weighted by Crippen LogP contribution is 2.08. The van der Waals surface area contributed by atoms with E-state index in [0.717, 1.165) is 6.42 Å². The quantitative estimate of drug-likeness (QED) is 0.769. The van der Waals surface area contributed by atoms with Crippen molar-refractivity contribution >= 4 is 5.97 Å². The Hall–Kier alpha value is -1.25. The molecule has 0 unspecified atom stereocenters. The summed E-state index contributed by atoms with van der Waals surface area (Å²) in [5.41, 5.74) is 1.20. The third-order valence-corrected chi connectivity index (χ3v) is 1.77. The van der Waals surface area contributed by atoms with E-state index in [9.17, 15) is 4.79 Å². The van der Waals surface area contributed by atoms with Gasteiger partial charge in [-0.3, -0.25) is 4.79 Å². The number of rotatable bonds is 4. The standard InChI is InChI=1S/C10H15NO2/c1-8(2)5-9-3-4-11(6-9)7-10(12)13/h3-4,6,8H,5,7H2,1-2H3,(H,12,13). The van der Waals surface area contributed by atoms with Crippen molar-refractivity contribution in [1.29, 1.82) is 0 Å². The van der Waals surface area contributed by atoms with Crippen molar-refractivity contribution in [2.45, 2.75) is 26.8 Å². The molecule has 0 aliphatic carbocycles. The van der Waals surface area contributed by atoms with Crippen molar-refractivity contribution in [3.8, 4) is 0 Å². The van der Waals surface area contributed by atoms with Gasteiger partial charge in [-0.2, -0.15) is 0 Å². The summed E-state index contributed by atoms with van der Waals surface area (Å²) >= 11 is 0. The summed E-state index contributed by atoms with van der Waals surface area (Å²) in [5.74, 6) is -0.188. The molecule has 1 aromatic heterocycles. The van der Waals surface area contributed by atoms with E-state index >= 15 is 0 Å². The largest absolute Gasteiger partial charge is 0.480 e. The van der Waals surface area contributed by atoms with Crippen LogP contribution in [0.2, 0.25) is 0 Å². The van der Waals surface area contributed by atoms with Crippen LogP contribution in [0.15, 0.2) is 18.5 Å². The van der Waals surface area contributed by atoms with Crippen LogP contribution in [-0.2, 0) is 17.8 Å². The average molecular weight is 181 g/mol. The summed E-state index contributed by atoms with van der Waals surface area (Å²) < 4.78 is 1.69. The third kappa shape index (κ3) is 3.32. The molecule has 0 radical (unpaired) electrons. The van der Waals surface area contributed by atoms with Gasteiger partial charge in [-0.15, -0.1) is 0 Å². The van der Waals surface area contributed by atoms with Crippen molar-refractivity contribution in [2.24, 2.45) is 5.92 Å². The van der Waals surface area contributed by atoms with E-state index in [4.69, 9.17) is 5.11 Å². The summed E-state index contributed by atoms with van der Waals surface area (Å²) in [6.45, 7) is 4.35. The van der Waals surface area contributed by atoms with Gasteiger partial charge in [-0.1, -0.05) is 13.8 Å². The first-order valence-corrected chi connectivity index (χ1v) is 4.44. The molecule has 0 aliphatic heterocycles. The van der Waals surface area contributed by atoms with Gasteiger partial charge in [0.1, 0.15) is 6.54 Å². The van der Waals surface area contributed by atoms with Crippen LogP contribution in [0.25, 0.3) is 0 Å². The lowest BCUT2D eigenvalue weighted by Crippen LogP contribution is -2.06. The first-order valence-electron chi connectivity index (χ1n) is 4.44. The minimum Gasteiger partial charge on any atom is -0.480 e. The number of aliphatic carboxylic acids is 1. The molecule has 0 aromatic carbocycles. The third-order valence-electron chi connectivity index (χ3n) is 1.77. The highest BCUT2D eigenvalue weighted by molar-refractivity contribution is 5.66. The smallest absolute Gasteiger partial charge is 0.323 e. The molecule has 3 nitrogen and oxygen atoms in total. The number of nitrogens with zero attached hydrogens (tertiary/aromatic N) is 1. The highest BCUT2D eigenvalue weighted by atomic mass is 16.4. The van der Waals surface area contributed by atoms with Gasteiger partial charge in [-0.25, -0.2) is 0 Å². The van der Waals surface area contributed by atoms with Gasteiger partial charge >= 0.3 is 5.97 Å². The second-order valence-corrected chi connectivity index (χ2v) is 3.68. The lowest BCUT2D eigenvalue weighted by atomic mass is 10.1. The van der Waals surface area contributed by atoms with Gasteiger partial charge in [-0.05, 0) is 24.0 Å². The van der Waals surface area contributed by atoms with Crippen molar-refractivity contribution in [1.82, 2.24) is 4.57 Å². The Kier molecular flexibility index (Phi) is 3.12. The van der Waals surface area contributed by atoms with Crippen LogP contribution in [0, 0.1) is 5.92 Å². The van der Waals surface area contributed by atoms with E-state index in [-0.39, 0.29) is 6.54 Å². The van der Waals surface area contributed by atoms with Crippen LogP contribution in [0.4, 0.5) is 0 Å². The summed E-state index contributed by atoms with van der Waals surface area (Å²) in [4.78, 5) is 10.4. The van der Waals surface area contributed by atoms with Gasteiger partial charge in [0, 0.05) is 12.4 Å². The molecular formula is C10H15NO2. The lowest BCUT2D eigenvalue weighted by Gasteiger charge is -2.00. The summed E-state index contributed by atoms with van der Waals surface area (Å²) in [5, 5.41) is 8.54. The number of carboxylic acid groups (broad SMARTS) is 1. The maximum absolute atomic E-state index is 10.4. The second kappa shape index (κ2) is 4.12. The molecule has 1 rings (SSSR count). The molecule has 0 bridgehead atoms. The fraction of sp³-hybridized carbons (Fsp3) is 0.500. The number of carboxylic acids is 1. The molecule has 0 amide bonds. The predicted octanol–water partition coefficient (Wildman–Crippen LogP) is 1.77. The Morgan fingerprint density at radius 1 is 1.62 bits per heavy atom. The van der Waals surface area contributed by atoms with E-state index in [2.05, 4.69) is 13.8 Å². The van der Waals surface area contributed by atoms with Crippen molar-refractivity contribution < 1.29 is 9.90 Å². The van der Waals surface area contributed by atoms with Crippen LogP contribution in [0.5, 0.6) is 0 Å². The normalized spacial score (nSPS) is 10.7. The van der Waals surface area contributed by atoms with Gasteiger partial charge in [0.2, 0.25) is 0 Å². The fourth-order valence-corrected chi connectivity index (χ4v) is 1.34. The predicted molar refractivity (Wildman–Crippen MR) is 50.6 cm³/mol. The van der Waals surface area contributed by atoms with Gasteiger partial charge in [0.15, 0.2) is 0 Å². The van der Waals surface area contributed by atoms with E-state index < -0.39 is 5.97 Å². The van der Waals surface area contributed by atoms with Gasteiger partial charge < -0.3 is 9.67 Å². The molecule has 0 saturated heterocycles. The van der Waals surface area contributed by atoms with Crippen LogP contribution < -0.4 is 0 Å². The summed E-state index contributed by atoms with van der Waals surface area (Å²) in [6, 6.07) is 1.98. The highest BCUT2D eigenvalue weighted by Gasteiger charge is 2.02. The summed E-state index contributed by atoms with van der Waals surface area (Å²) in [7, 11) is 0. The number of aromatic nitrogens is 1. The molecule has 0 spiro atoms. The van der Waals surface area contributed by atoms with Crippen LogP contribution in [0.3, 0.4) is 0 Å². The zero-order chi connectivity index (χ0) is 9.84. The van der Waals surface area contributed by atoms with Crippen molar-refractivity contribution in [2.75, 3.05) is 0 Å². The maximum atomic E-state index is 10.4. The Labute approximate surface area is 78.0 Å². The van der Waals surface area contributed by atoms with Crippen LogP contribution in [-0.4, -0.2) is 15.6 Å². The molecule has 0 saturated carbocycles. The number of hydrogen-bond donors (Lipinski definition) is 1. The SMILES string of the molecule is CC(C)Cc1ccn(CC(=O)O)c1. The minimum absolute atomic E-state index is 0.0537. The lowest BCUT2D eigenvalue weighted by molar-refractivity contribution is -0.137. The Balaban J connectivity index is 2.58. The molecule has 0 atom stereocenters. The van der Waals surface area contributed by atoms with Gasteiger partial charge in [0.05, 0.1) is 0 Å².